The summed E-state index contributed by atoms with van der Waals surface area (Å²) in [6.07, 6.45) is 4.31. The lowest BCUT2D eigenvalue weighted by molar-refractivity contribution is -0.158. The van der Waals surface area contributed by atoms with Crippen molar-refractivity contribution in [1.29, 1.82) is 0 Å². The fourth-order valence-corrected chi connectivity index (χ4v) is 7.73. The highest BCUT2D eigenvalue weighted by Gasteiger charge is 2.35. The maximum absolute atomic E-state index is 13.7. The van der Waals surface area contributed by atoms with Crippen LogP contribution in [0.2, 0.25) is 0 Å². The topological polar surface area (TPSA) is 298 Å². The number of hydrogen-bond donors (Lipinski definition) is 6. The van der Waals surface area contributed by atoms with E-state index in [-0.39, 0.29) is 26.3 Å². The van der Waals surface area contributed by atoms with E-state index in [1.54, 1.807) is 144 Å². The van der Waals surface area contributed by atoms with Crippen molar-refractivity contribution < 1.29 is 76.4 Å². The summed E-state index contributed by atoms with van der Waals surface area (Å²) in [6, 6.07) is 11.8. The van der Waals surface area contributed by atoms with Crippen LogP contribution in [0, 0.1) is 0 Å². The maximum atomic E-state index is 13.7. The van der Waals surface area contributed by atoms with Gasteiger partial charge in [-0.2, -0.15) is 0 Å². The molecule has 0 radical (unpaired) electrons. The number of rotatable bonds is 33. The predicted octanol–water partition coefficient (Wildman–Crippen LogP) is 7.61. The molecule has 0 aromatic heterocycles. The van der Waals surface area contributed by atoms with Crippen LogP contribution in [-0.2, 0) is 80.0 Å². The molecule has 4 atom stereocenters. The summed E-state index contributed by atoms with van der Waals surface area (Å²) >= 11 is 0. The predicted molar refractivity (Wildman–Crippen MR) is 305 cm³/mol. The van der Waals surface area contributed by atoms with E-state index in [1.807, 2.05) is 0 Å². The molecule has 2 rings (SSSR count). The minimum absolute atomic E-state index is 0.109. The average molecular weight is 1150 g/mol. The molecule has 22 heteroatoms. The monoisotopic (exact) mass is 1150 g/mol. The number of alkyl carbamates (subject to hydrolysis) is 2. The average Bonchev–Trinajstić information content (AvgIpc) is 3.35. The number of carbonyl (C=O) groups is 10. The minimum atomic E-state index is -1.52. The summed E-state index contributed by atoms with van der Waals surface area (Å²) < 4.78 is 32.2. The molecule has 0 aliphatic rings. The summed E-state index contributed by atoms with van der Waals surface area (Å²) in [5.41, 5.74) is -2.17. The summed E-state index contributed by atoms with van der Waals surface area (Å²) in [4.78, 5) is 132. The van der Waals surface area contributed by atoms with Gasteiger partial charge in [-0.15, -0.1) is 0 Å². The summed E-state index contributed by atoms with van der Waals surface area (Å²) in [7, 11) is 0. The van der Waals surface area contributed by atoms with Crippen LogP contribution in [0.1, 0.15) is 184 Å². The van der Waals surface area contributed by atoms with Crippen molar-refractivity contribution in [1.82, 2.24) is 31.9 Å². The van der Waals surface area contributed by atoms with Crippen molar-refractivity contribution in [3.63, 3.8) is 0 Å². The molecule has 0 aliphatic heterocycles. The number of hydrogen-bond acceptors (Lipinski definition) is 16. The fourth-order valence-electron chi connectivity index (χ4n) is 7.73. The molecular formula is C60H92N6O16. The van der Waals surface area contributed by atoms with Gasteiger partial charge in [0.05, 0.1) is 25.7 Å². The van der Waals surface area contributed by atoms with Crippen LogP contribution in [0.15, 0.2) is 60.7 Å². The van der Waals surface area contributed by atoms with Crippen LogP contribution in [0.3, 0.4) is 0 Å². The van der Waals surface area contributed by atoms with Crippen LogP contribution < -0.4 is 31.9 Å². The number of benzene rings is 2. The lowest BCUT2D eigenvalue weighted by Gasteiger charge is -2.25. The van der Waals surface area contributed by atoms with E-state index in [9.17, 15) is 47.9 Å². The van der Waals surface area contributed by atoms with E-state index in [0.717, 1.165) is 51.4 Å². The summed E-state index contributed by atoms with van der Waals surface area (Å²) in [5, 5.41) is 15.4. The van der Waals surface area contributed by atoms with Crippen molar-refractivity contribution in [2.24, 2.45) is 0 Å². The number of esters is 4. The number of amides is 6. The van der Waals surface area contributed by atoms with Gasteiger partial charge >= 0.3 is 36.1 Å². The molecule has 0 heterocycles. The van der Waals surface area contributed by atoms with Gasteiger partial charge in [-0.3, -0.25) is 38.4 Å². The SMILES string of the molecule is CC(C)(C)OC(=O)C[C@H](NC(=O)OCc1ccccc1)C(=O)N[C@@H](CC(=O)OC(C)(C)C)C(=O)NCCCCCCCCCCCCNC(=O)[C@H](CC(=O)OC(C)(C)C)NC(=O)[C@H](CC(=O)OC(C)(C)C)NC(=O)OCc1ccccc1. The van der Waals surface area contributed by atoms with Gasteiger partial charge in [-0.25, -0.2) is 9.59 Å². The molecule has 82 heavy (non-hydrogen) atoms. The highest BCUT2D eigenvalue weighted by Crippen LogP contribution is 2.16. The van der Waals surface area contributed by atoms with Gasteiger partial charge in [0.15, 0.2) is 0 Å². The second-order valence-electron chi connectivity index (χ2n) is 23.9. The van der Waals surface area contributed by atoms with Gasteiger partial charge in [0, 0.05) is 13.1 Å². The quantitative estimate of drug-likeness (QED) is 0.0228. The van der Waals surface area contributed by atoms with E-state index in [0.29, 0.717) is 24.0 Å². The van der Waals surface area contributed by atoms with E-state index in [1.165, 1.54) is 0 Å². The Kier molecular flexibility index (Phi) is 30.7. The molecule has 0 fully saturated rings. The third-order valence-corrected chi connectivity index (χ3v) is 11.3. The Morgan fingerprint density at radius 2 is 0.585 bits per heavy atom. The standard InChI is InChI=1S/C60H92N6O16/c1-57(2,3)79-47(67)35-43(63-53(73)45(37-49(69)81-59(7,8)9)65-55(75)77-39-41-29-23-21-24-30-41)51(71)61-33-27-19-17-15-13-14-16-18-20-28-34-62-52(72)44(36-48(68)80-58(4,5)6)64-54(74)46(38-50(70)82-60(10,11)12)66-56(76)78-40-42-31-25-22-26-32-42/h21-26,29-32,43-46H,13-20,27-28,33-40H2,1-12H3,(H,61,71)(H,62,72)(H,63,73)(H,64,74)(H,65,75)(H,66,76)/t43-,44-,45-,46-/m0/s1. The zero-order valence-corrected chi connectivity index (χ0v) is 50.3. The van der Waals surface area contributed by atoms with Crippen LogP contribution in [-0.4, -0.2) is 119 Å². The Labute approximate surface area is 484 Å². The Morgan fingerprint density at radius 3 is 0.841 bits per heavy atom. The number of carbonyl (C=O) groups excluding carboxylic acids is 10. The number of unbranched alkanes of at least 4 members (excludes halogenated alkanes) is 9. The smallest absolute Gasteiger partial charge is 0.408 e. The van der Waals surface area contributed by atoms with Crippen LogP contribution in [0.5, 0.6) is 0 Å². The van der Waals surface area contributed by atoms with Gasteiger partial charge in [-0.05, 0) is 107 Å². The van der Waals surface area contributed by atoms with Gasteiger partial charge in [0.1, 0.15) is 59.8 Å². The lowest BCUT2D eigenvalue weighted by Crippen LogP contribution is -2.55. The first-order chi connectivity index (χ1) is 38.3. The molecule has 458 valence electrons. The Morgan fingerprint density at radius 1 is 0.341 bits per heavy atom. The lowest BCUT2D eigenvalue weighted by atomic mass is 10.1. The number of nitrogens with one attached hydrogen (secondary N) is 6. The minimum Gasteiger partial charge on any atom is -0.460 e. The number of ether oxygens (including phenoxy) is 6. The molecule has 2 aromatic rings. The molecule has 0 unspecified atom stereocenters. The van der Waals surface area contributed by atoms with Crippen molar-refractivity contribution in [3.8, 4) is 0 Å². The van der Waals surface area contributed by atoms with E-state index >= 15 is 0 Å². The molecular weight excluding hydrogens is 1060 g/mol. The van der Waals surface area contributed by atoms with Crippen molar-refractivity contribution in [2.75, 3.05) is 13.1 Å². The first-order valence-electron chi connectivity index (χ1n) is 28.3. The second-order valence-corrected chi connectivity index (χ2v) is 23.9. The van der Waals surface area contributed by atoms with Crippen LogP contribution in [0.4, 0.5) is 9.59 Å². The van der Waals surface area contributed by atoms with E-state index in [2.05, 4.69) is 31.9 Å². The van der Waals surface area contributed by atoms with Gasteiger partial charge in [0.25, 0.3) is 0 Å². The molecule has 0 saturated heterocycles. The molecule has 0 bridgehead atoms. The third kappa shape index (κ3) is 34.8. The van der Waals surface area contributed by atoms with Crippen molar-refractivity contribution in [2.45, 2.75) is 233 Å². The highest BCUT2D eigenvalue weighted by atomic mass is 16.6. The third-order valence-electron chi connectivity index (χ3n) is 11.3. The van der Waals surface area contributed by atoms with Crippen LogP contribution in [0.25, 0.3) is 0 Å². The highest BCUT2D eigenvalue weighted by molar-refractivity contribution is 5.96. The molecule has 22 nitrogen and oxygen atoms in total. The molecule has 6 amide bonds. The zero-order chi connectivity index (χ0) is 61.5. The molecule has 2 aromatic carbocycles. The Balaban J connectivity index is 1.89. The molecule has 0 spiro atoms. The second kappa shape index (κ2) is 35.6. The Hall–Kier alpha value is -7.26. The normalized spacial score (nSPS) is 13.1. The summed E-state index contributed by atoms with van der Waals surface area (Å²) in [5.74, 6) is -6.21. The van der Waals surface area contributed by atoms with Gasteiger partial charge in [-0.1, -0.05) is 112 Å². The Bertz CT molecular complexity index is 2190. The summed E-state index contributed by atoms with van der Waals surface area (Å²) in [6.45, 7) is 20.2. The maximum Gasteiger partial charge on any atom is 0.408 e. The van der Waals surface area contributed by atoms with Crippen molar-refractivity contribution in [3.05, 3.63) is 71.8 Å². The molecule has 0 saturated carbocycles. The van der Waals surface area contributed by atoms with Crippen molar-refractivity contribution >= 4 is 59.7 Å². The fraction of sp³-hybridized carbons (Fsp3) is 0.633. The van der Waals surface area contributed by atoms with E-state index < -0.39 is 132 Å². The molecule has 0 aliphatic carbocycles. The molecule has 6 N–H and O–H groups in total. The van der Waals surface area contributed by atoms with E-state index in [4.69, 9.17) is 28.4 Å². The largest absolute Gasteiger partial charge is 0.460 e. The van der Waals surface area contributed by atoms with Gasteiger partial charge in [0.2, 0.25) is 23.6 Å². The first-order valence-corrected chi connectivity index (χ1v) is 28.3. The first kappa shape index (κ1) is 70.8. The van der Waals surface area contributed by atoms with Crippen LogP contribution >= 0.6 is 0 Å². The van der Waals surface area contributed by atoms with Gasteiger partial charge < -0.3 is 60.3 Å². The zero-order valence-electron chi connectivity index (χ0n) is 50.3.